The average molecular weight is 246 g/mol. The molecule has 1 aliphatic heterocycles. The van der Waals surface area contributed by atoms with Gasteiger partial charge in [-0.15, -0.1) is 0 Å². The van der Waals surface area contributed by atoms with Crippen LogP contribution in [-0.4, -0.2) is 11.8 Å². The molecule has 0 amide bonds. The molecule has 2 nitrogen and oxygen atoms in total. The number of aliphatic imine (C=N–C) groups is 1. The Morgan fingerprint density at radius 1 is 0.947 bits per heavy atom. The zero-order chi connectivity index (χ0) is 13.1. The van der Waals surface area contributed by atoms with E-state index < -0.39 is 0 Å². The standard InChI is InChI=1S/C17H14N2/c18-12-17-15(13-7-3-1-4-8-13)11-16(19-17)14-9-5-2-6-10-14/h1-10,15,17H,11H2/t15-,17-/m1/s1. The molecule has 0 bridgehead atoms. The van der Waals surface area contributed by atoms with Crippen LogP contribution in [0.4, 0.5) is 0 Å². The number of benzene rings is 2. The van der Waals surface area contributed by atoms with Crippen LogP contribution in [0.15, 0.2) is 65.7 Å². The van der Waals surface area contributed by atoms with Crippen LogP contribution >= 0.6 is 0 Å². The molecule has 1 heterocycles. The molecule has 92 valence electrons. The smallest absolute Gasteiger partial charge is 0.144 e. The van der Waals surface area contributed by atoms with Crippen molar-refractivity contribution in [3.8, 4) is 6.07 Å². The van der Waals surface area contributed by atoms with Gasteiger partial charge in [-0.3, -0.25) is 4.99 Å². The van der Waals surface area contributed by atoms with Crippen molar-refractivity contribution in [2.75, 3.05) is 0 Å². The van der Waals surface area contributed by atoms with E-state index >= 15 is 0 Å². The maximum atomic E-state index is 9.31. The highest BCUT2D eigenvalue weighted by Crippen LogP contribution is 2.33. The van der Waals surface area contributed by atoms with Gasteiger partial charge in [0.15, 0.2) is 0 Å². The quantitative estimate of drug-likeness (QED) is 0.798. The van der Waals surface area contributed by atoms with Crippen molar-refractivity contribution in [1.29, 1.82) is 5.26 Å². The van der Waals surface area contributed by atoms with Gasteiger partial charge in [0.2, 0.25) is 0 Å². The van der Waals surface area contributed by atoms with Gasteiger partial charge in [0, 0.05) is 11.6 Å². The van der Waals surface area contributed by atoms with Gasteiger partial charge < -0.3 is 0 Å². The number of nitriles is 1. The molecule has 0 fully saturated rings. The summed E-state index contributed by atoms with van der Waals surface area (Å²) < 4.78 is 0. The van der Waals surface area contributed by atoms with E-state index in [-0.39, 0.29) is 12.0 Å². The molecule has 0 radical (unpaired) electrons. The van der Waals surface area contributed by atoms with Gasteiger partial charge in [-0.1, -0.05) is 60.7 Å². The largest absolute Gasteiger partial charge is 0.270 e. The fourth-order valence-electron chi connectivity index (χ4n) is 2.57. The molecule has 0 aromatic heterocycles. The summed E-state index contributed by atoms with van der Waals surface area (Å²) in [7, 11) is 0. The molecule has 3 rings (SSSR count). The summed E-state index contributed by atoms with van der Waals surface area (Å²) >= 11 is 0. The molecule has 2 heteroatoms. The minimum atomic E-state index is -0.266. The molecule has 0 spiro atoms. The molecule has 0 aliphatic carbocycles. The lowest BCUT2D eigenvalue weighted by Gasteiger charge is -2.12. The lowest BCUT2D eigenvalue weighted by atomic mass is 9.90. The molecular weight excluding hydrogens is 232 g/mol. The van der Waals surface area contributed by atoms with Crippen LogP contribution in [0.3, 0.4) is 0 Å². The second-order valence-electron chi connectivity index (χ2n) is 4.74. The van der Waals surface area contributed by atoms with Crippen LogP contribution in [0.1, 0.15) is 23.5 Å². The number of hydrogen-bond donors (Lipinski definition) is 0. The molecule has 0 saturated heterocycles. The molecule has 0 saturated carbocycles. The Bertz CT molecular complexity index is 623. The molecule has 0 N–H and O–H groups in total. The zero-order valence-corrected chi connectivity index (χ0v) is 10.5. The first-order valence-corrected chi connectivity index (χ1v) is 6.45. The topological polar surface area (TPSA) is 36.1 Å². The van der Waals surface area contributed by atoms with Crippen molar-refractivity contribution in [2.45, 2.75) is 18.4 Å². The van der Waals surface area contributed by atoms with Gasteiger partial charge in [0.25, 0.3) is 0 Å². The third-order valence-electron chi connectivity index (χ3n) is 3.56. The summed E-state index contributed by atoms with van der Waals surface area (Å²) in [6.45, 7) is 0. The van der Waals surface area contributed by atoms with E-state index in [1.165, 1.54) is 5.56 Å². The second kappa shape index (κ2) is 5.07. The third-order valence-corrected chi connectivity index (χ3v) is 3.56. The molecule has 2 aromatic rings. The van der Waals surface area contributed by atoms with Crippen LogP contribution in [0.2, 0.25) is 0 Å². The van der Waals surface area contributed by atoms with Crippen LogP contribution in [-0.2, 0) is 0 Å². The Labute approximate surface area is 113 Å². The first-order chi connectivity index (χ1) is 9.38. The van der Waals surface area contributed by atoms with Gasteiger partial charge in [0.1, 0.15) is 6.04 Å². The number of nitrogens with zero attached hydrogens (tertiary/aromatic N) is 2. The van der Waals surface area contributed by atoms with Crippen molar-refractivity contribution >= 4 is 5.71 Å². The highest BCUT2D eigenvalue weighted by Gasteiger charge is 2.30. The van der Waals surface area contributed by atoms with Gasteiger partial charge in [-0.05, 0) is 17.5 Å². The van der Waals surface area contributed by atoms with Crippen LogP contribution in [0, 0.1) is 11.3 Å². The fraction of sp³-hybridized carbons (Fsp3) is 0.176. The van der Waals surface area contributed by atoms with Gasteiger partial charge in [0.05, 0.1) is 6.07 Å². The summed E-state index contributed by atoms with van der Waals surface area (Å²) in [5, 5.41) is 9.31. The van der Waals surface area contributed by atoms with Crippen molar-refractivity contribution < 1.29 is 0 Å². The van der Waals surface area contributed by atoms with E-state index in [1.807, 2.05) is 36.4 Å². The maximum absolute atomic E-state index is 9.31. The first-order valence-electron chi connectivity index (χ1n) is 6.45. The Hall–Kier alpha value is -2.40. The van der Waals surface area contributed by atoms with Crippen LogP contribution in [0.5, 0.6) is 0 Å². The van der Waals surface area contributed by atoms with E-state index in [0.29, 0.717) is 0 Å². The lowest BCUT2D eigenvalue weighted by molar-refractivity contribution is 0.687. The van der Waals surface area contributed by atoms with E-state index in [9.17, 15) is 5.26 Å². The predicted octanol–water partition coefficient (Wildman–Crippen LogP) is 3.56. The summed E-state index contributed by atoms with van der Waals surface area (Å²) in [4.78, 5) is 4.59. The van der Waals surface area contributed by atoms with Crippen molar-refractivity contribution in [3.05, 3.63) is 71.8 Å². The van der Waals surface area contributed by atoms with Crippen LogP contribution in [0.25, 0.3) is 0 Å². The molecule has 2 aromatic carbocycles. The Morgan fingerprint density at radius 3 is 2.21 bits per heavy atom. The Balaban J connectivity index is 1.91. The van der Waals surface area contributed by atoms with Gasteiger partial charge in [-0.25, -0.2) is 0 Å². The van der Waals surface area contributed by atoms with Crippen molar-refractivity contribution in [3.63, 3.8) is 0 Å². The molecule has 19 heavy (non-hydrogen) atoms. The summed E-state index contributed by atoms with van der Waals surface area (Å²) in [5.41, 5.74) is 3.37. The normalized spacial score (nSPS) is 21.7. The molecule has 1 aliphatic rings. The highest BCUT2D eigenvalue weighted by molar-refractivity contribution is 6.02. The lowest BCUT2D eigenvalue weighted by Crippen LogP contribution is -2.09. The average Bonchev–Trinajstić information content (AvgIpc) is 2.93. The molecule has 0 unspecified atom stereocenters. The van der Waals surface area contributed by atoms with E-state index in [1.54, 1.807) is 0 Å². The van der Waals surface area contributed by atoms with Crippen molar-refractivity contribution in [2.24, 2.45) is 4.99 Å². The second-order valence-corrected chi connectivity index (χ2v) is 4.74. The van der Waals surface area contributed by atoms with Gasteiger partial charge in [-0.2, -0.15) is 5.26 Å². The Morgan fingerprint density at radius 2 is 1.58 bits per heavy atom. The van der Waals surface area contributed by atoms with E-state index in [2.05, 4.69) is 35.3 Å². The third kappa shape index (κ3) is 2.28. The maximum Gasteiger partial charge on any atom is 0.144 e. The van der Waals surface area contributed by atoms with Crippen molar-refractivity contribution in [1.82, 2.24) is 0 Å². The summed E-state index contributed by atoms with van der Waals surface area (Å²) in [6, 6.07) is 22.4. The SMILES string of the molecule is N#C[C@H]1N=C(c2ccccc2)C[C@@H]1c1ccccc1. The fourth-order valence-corrected chi connectivity index (χ4v) is 2.57. The minimum Gasteiger partial charge on any atom is -0.270 e. The highest BCUT2D eigenvalue weighted by atomic mass is 14.8. The first kappa shape index (κ1) is 11.7. The number of hydrogen-bond acceptors (Lipinski definition) is 2. The van der Waals surface area contributed by atoms with Gasteiger partial charge >= 0.3 is 0 Å². The molecule has 2 atom stereocenters. The Kier molecular flexibility index (Phi) is 3.12. The number of rotatable bonds is 2. The molecular formula is C17H14N2. The van der Waals surface area contributed by atoms with Crippen LogP contribution < -0.4 is 0 Å². The summed E-state index contributed by atoms with van der Waals surface area (Å²) in [6.07, 6.45) is 0.840. The monoisotopic (exact) mass is 246 g/mol. The van der Waals surface area contributed by atoms with E-state index in [0.717, 1.165) is 17.7 Å². The summed E-state index contributed by atoms with van der Waals surface area (Å²) in [5.74, 6) is 0.182. The zero-order valence-electron chi connectivity index (χ0n) is 10.5. The predicted molar refractivity (Wildman–Crippen MR) is 76.2 cm³/mol. The minimum absolute atomic E-state index is 0.182. The van der Waals surface area contributed by atoms with E-state index in [4.69, 9.17) is 0 Å².